The Kier molecular flexibility index (Phi) is 4.74. The van der Waals surface area contributed by atoms with Gasteiger partial charge in [0, 0.05) is 13.5 Å². The zero-order chi connectivity index (χ0) is 15.4. The van der Waals surface area contributed by atoms with Crippen LogP contribution in [0.2, 0.25) is 0 Å². The van der Waals surface area contributed by atoms with Crippen LogP contribution in [-0.2, 0) is 20.9 Å². The van der Waals surface area contributed by atoms with Crippen molar-refractivity contribution in [1.29, 1.82) is 0 Å². The summed E-state index contributed by atoms with van der Waals surface area (Å²) < 4.78 is 5.12. The van der Waals surface area contributed by atoms with Crippen LogP contribution < -0.4 is 10.6 Å². The van der Waals surface area contributed by atoms with Crippen molar-refractivity contribution in [3.05, 3.63) is 24.2 Å². The molecule has 7 nitrogen and oxygen atoms in total. The van der Waals surface area contributed by atoms with Gasteiger partial charge in [0.05, 0.1) is 24.9 Å². The van der Waals surface area contributed by atoms with Gasteiger partial charge in [-0.05, 0) is 25.5 Å². The topological polar surface area (TPSA) is 91.7 Å². The minimum atomic E-state index is -0.532. The molecule has 2 rings (SSSR count). The van der Waals surface area contributed by atoms with E-state index in [4.69, 9.17) is 4.42 Å². The van der Waals surface area contributed by atoms with E-state index in [1.165, 1.54) is 13.3 Å². The summed E-state index contributed by atoms with van der Waals surface area (Å²) >= 11 is 0. The second kappa shape index (κ2) is 6.53. The third-order valence-electron chi connectivity index (χ3n) is 3.51. The molecular weight excluding hydrogens is 274 g/mol. The number of hydrogen-bond acceptors (Lipinski definition) is 5. The van der Waals surface area contributed by atoms with Gasteiger partial charge in [0.15, 0.2) is 0 Å². The molecule has 0 bridgehead atoms. The van der Waals surface area contributed by atoms with Crippen LogP contribution in [0.25, 0.3) is 0 Å². The average Bonchev–Trinajstić information content (AvgIpc) is 2.98. The number of nitrogens with one attached hydrogen (secondary N) is 2. The molecule has 114 valence electrons. The number of carbonyl (C=O) groups excluding carboxylic acids is 3. The molecule has 0 saturated carbocycles. The van der Waals surface area contributed by atoms with E-state index in [-0.39, 0.29) is 17.7 Å². The molecule has 1 aliphatic heterocycles. The number of furan rings is 1. The van der Waals surface area contributed by atoms with E-state index < -0.39 is 12.1 Å². The Balaban J connectivity index is 1.83. The summed E-state index contributed by atoms with van der Waals surface area (Å²) in [6.45, 7) is 1.98. The van der Waals surface area contributed by atoms with Crippen LogP contribution in [0.5, 0.6) is 0 Å². The van der Waals surface area contributed by atoms with Crippen molar-refractivity contribution < 1.29 is 18.8 Å². The van der Waals surface area contributed by atoms with Gasteiger partial charge >= 0.3 is 0 Å². The number of hydrogen-bond donors (Lipinski definition) is 2. The minimum Gasteiger partial charge on any atom is -0.467 e. The zero-order valence-electron chi connectivity index (χ0n) is 12.1. The smallest absolute Gasteiger partial charge is 0.246 e. The highest BCUT2D eigenvalue weighted by Crippen LogP contribution is 2.12. The van der Waals surface area contributed by atoms with Crippen molar-refractivity contribution in [2.75, 3.05) is 7.05 Å². The number of piperidine rings is 1. The van der Waals surface area contributed by atoms with E-state index in [0.717, 1.165) is 4.90 Å². The largest absolute Gasteiger partial charge is 0.467 e. The van der Waals surface area contributed by atoms with Crippen molar-refractivity contribution in [2.45, 2.75) is 38.4 Å². The first-order chi connectivity index (χ1) is 9.99. The van der Waals surface area contributed by atoms with Gasteiger partial charge in [-0.2, -0.15) is 0 Å². The molecular formula is C14H19N3O4. The second-order valence-electron chi connectivity index (χ2n) is 5.07. The first kappa shape index (κ1) is 15.2. The van der Waals surface area contributed by atoms with Crippen LogP contribution in [0.15, 0.2) is 22.8 Å². The van der Waals surface area contributed by atoms with E-state index in [2.05, 4.69) is 10.6 Å². The van der Waals surface area contributed by atoms with Gasteiger partial charge in [-0.3, -0.25) is 24.6 Å². The highest BCUT2D eigenvalue weighted by Gasteiger charge is 2.33. The van der Waals surface area contributed by atoms with Crippen LogP contribution in [0.3, 0.4) is 0 Å². The predicted molar refractivity (Wildman–Crippen MR) is 74.0 cm³/mol. The summed E-state index contributed by atoms with van der Waals surface area (Å²) in [5, 5.41) is 5.69. The Hall–Kier alpha value is -2.15. The third kappa shape index (κ3) is 3.69. The van der Waals surface area contributed by atoms with Crippen LogP contribution in [0, 0.1) is 0 Å². The van der Waals surface area contributed by atoms with E-state index in [1.54, 1.807) is 19.1 Å². The van der Waals surface area contributed by atoms with Gasteiger partial charge in [0.25, 0.3) is 0 Å². The molecule has 7 heteroatoms. The lowest BCUT2D eigenvalue weighted by atomic mass is 10.0. The standard InChI is InChI=1S/C14H19N3O4/c1-9(13(19)15-8-10-4-3-7-21-10)16-11-5-6-12(18)17(2)14(11)20/h3-4,7,9,11,16H,5-6,8H2,1-2H3,(H,15,19). The maximum Gasteiger partial charge on any atom is 0.246 e. The fourth-order valence-electron chi connectivity index (χ4n) is 2.19. The zero-order valence-corrected chi connectivity index (χ0v) is 12.1. The van der Waals surface area contributed by atoms with Crippen molar-refractivity contribution >= 4 is 17.7 Å². The lowest BCUT2D eigenvalue weighted by molar-refractivity contribution is -0.148. The summed E-state index contributed by atoms with van der Waals surface area (Å²) in [6, 6.07) is 2.48. The predicted octanol–water partition coefficient (Wildman–Crippen LogP) is 0.0213. The Labute approximate surface area is 122 Å². The van der Waals surface area contributed by atoms with Gasteiger partial charge < -0.3 is 9.73 Å². The number of likely N-dealkylation sites (tertiary alicyclic amines) is 1. The van der Waals surface area contributed by atoms with Crippen LogP contribution >= 0.6 is 0 Å². The number of rotatable bonds is 5. The number of nitrogens with zero attached hydrogens (tertiary/aromatic N) is 1. The second-order valence-corrected chi connectivity index (χ2v) is 5.07. The van der Waals surface area contributed by atoms with E-state index >= 15 is 0 Å². The highest BCUT2D eigenvalue weighted by atomic mass is 16.3. The molecule has 1 fully saturated rings. The Morgan fingerprint density at radius 3 is 2.95 bits per heavy atom. The van der Waals surface area contributed by atoms with E-state index in [9.17, 15) is 14.4 Å². The number of imide groups is 1. The molecule has 2 atom stereocenters. The average molecular weight is 293 g/mol. The molecule has 2 N–H and O–H groups in total. The van der Waals surface area contributed by atoms with Gasteiger partial charge in [0.1, 0.15) is 5.76 Å². The molecule has 1 aromatic heterocycles. The maximum atomic E-state index is 12.0. The molecule has 0 aromatic carbocycles. The summed E-state index contributed by atoms with van der Waals surface area (Å²) in [5.74, 6) is -0.0433. The molecule has 1 aliphatic rings. The fraction of sp³-hybridized carbons (Fsp3) is 0.500. The van der Waals surface area contributed by atoms with Crippen LogP contribution in [0.4, 0.5) is 0 Å². The lowest BCUT2D eigenvalue weighted by Crippen LogP contribution is -2.56. The SMILES string of the molecule is CC(NC1CCC(=O)N(C)C1=O)C(=O)NCc1ccco1. The summed E-state index contributed by atoms with van der Waals surface area (Å²) in [7, 11) is 1.46. The first-order valence-electron chi connectivity index (χ1n) is 6.85. The highest BCUT2D eigenvalue weighted by molar-refractivity contribution is 6.00. The van der Waals surface area contributed by atoms with E-state index in [0.29, 0.717) is 25.1 Å². The molecule has 3 amide bonds. The molecule has 0 spiro atoms. The molecule has 1 saturated heterocycles. The molecule has 1 aromatic rings. The minimum absolute atomic E-state index is 0.187. The molecule has 2 heterocycles. The van der Waals surface area contributed by atoms with Crippen molar-refractivity contribution in [3.63, 3.8) is 0 Å². The van der Waals surface area contributed by atoms with Crippen LogP contribution in [-0.4, -0.2) is 41.8 Å². The fourth-order valence-corrected chi connectivity index (χ4v) is 2.19. The normalized spacial score (nSPS) is 20.5. The van der Waals surface area contributed by atoms with Crippen molar-refractivity contribution in [3.8, 4) is 0 Å². The van der Waals surface area contributed by atoms with Crippen molar-refractivity contribution in [2.24, 2.45) is 0 Å². The summed E-state index contributed by atoms with van der Waals surface area (Å²) in [6.07, 6.45) is 2.26. The third-order valence-corrected chi connectivity index (χ3v) is 3.51. The van der Waals surface area contributed by atoms with Gasteiger partial charge in [-0.25, -0.2) is 0 Å². The van der Waals surface area contributed by atoms with Gasteiger partial charge in [0.2, 0.25) is 17.7 Å². The monoisotopic (exact) mass is 293 g/mol. The molecule has 2 unspecified atom stereocenters. The lowest BCUT2D eigenvalue weighted by Gasteiger charge is -2.30. The number of likely N-dealkylation sites (N-methyl/N-ethyl adjacent to an activating group) is 1. The summed E-state index contributed by atoms with van der Waals surface area (Å²) in [5.41, 5.74) is 0. The Morgan fingerprint density at radius 1 is 1.52 bits per heavy atom. The number of carbonyl (C=O) groups is 3. The Bertz CT molecular complexity index is 526. The van der Waals surface area contributed by atoms with Crippen LogP contribution in [0.1, 0.15) is 25.5 Å². The summed E-state index contributed by atoms with van der Waals surface area (Å²) in [4.78, 5) is 36.4. The quantitative estimate of drug-likeness (QED) is 0.747. The maximum absolute atomic E-state index is 12.0. The van der Waals surface area contributed by atoms with Crippen molar-refractivity contribution in [1.82, 2.24) is 15.5 Å². The number of amides is 3. The molecule has 0 radical (unpaired) electrons. The molecule has 21 heavy (non-hydrogen) atoms. The van der Waals surface area contributed by atoms with Gasteiger partial charge in [-0.1, -0.05) is 0 Å². The van der Waals surface area contributed by atoms with Gasteiger partial charge in [-0.15, -0.1) is 0 Å². The Morgan fingerprint density at radius 2 is 2.29 bits per heavy atom. The van der Waals surface area contributed by atoms with E-state index in [1.807, 2.05) is 0 Å². The molecule has 0 aliphatic carbocycles. The first-order valence-corrected chi connectivity index (χ1v) is 6.85.